The minimum absolute atomic E-state index is 0.0250. The molecule has 2 aliphatic heterocycles. The fourth-order valence-corrected chi connectivity index (χ4v) is 5.77. The molecule has 0 saturated carbocycles. The van der Waals surface area contributed by atoms with Crippen molar-refractivity contribution >= 4 is 27.6 Å². The molecule has 2 atom stereocenters. The molecule has 0 spiro atoms. The molecular formula is C20H27N3O5S. The van der Waals surface area contributed by atoms with E-state index < -0.39 is 39.6 Å². The molecule has 8 nitrogen and oxygen atoms in total. The van der Waals surface area contributed by atoms with Gasteiger partial charge < -0.3 is 0 Å². The Balaban J connectivity index is 1.97. The maximum atomic E-state index is 13.6. The zero-order valence-electron chi connectivity index (χ0n) is 17.2. The maximum absolute atomic E-state index is 13.6. The van der Waals surface area contributed by atoms with Crippen LogP contribution < -0.4 is 0 Å². The normalized spacial score (nSPS) is 21.7. The minimum atomic E-state index is -3.21. The van der Waals surface area contributed by atoms with E-state index in [1.165, 1.54) is 5.01 Å². The Morgan fingerprint density at radius 2 is 1.69 bits per heavy atom. The van der Waals surface area contributed by atoms with Crippen molar-refractivity contribution in [3.05, 3.63) is 35.4 Å². The zero-order valence-corrected chi connectivity index (χ0v) is 18.0. The van der Waals surface area contributed by atoms with Crippen LogP contribution in [0.15, 0.2) is 24.3 Å². The number of carbonyl (C=O) groups is 3. The summed E-state index contributed by atoms with van der Waals surface area (Å²) in [7, 11) is 0.120. The lowest BCUT2D eigenvalue weighted by Gasteiger charge is -2.38. The number of benzene rings is 1. The quantitative estimate of drug-likeness (QED) is 0.506. The van der Waals surface area contributed by atoms with E-state index in [2.05, 4.69) is 0 Å². The Hall–Kier alpha value is -2.26. The van der Waals surface area contributed by atoms with Crippen molar-refractivity contribution in [2.24, 2.45) is 5.92 Å². The van der Waals surface area contributed by atoms with Gasteiger partial charge in [0.15, 0.2) is 9.84 Å². The molecule has 0 unspecified atom stereocenters. The van der Waals surface area contributed by atoms with Crippen LogP contribution in [0.2, 0.25) is 0 Å². The highest BCUT2D eigenvalue weighted by Gasteiger charge is 2.46. The fraction of sp³-hybridized carbons (Fsp3) is 0.550. The van der Waals surface area contributed by atoms with Crippen LogP contribution in [-0.2, 0) is 14.6 Å². The standard InChI is InChI=1S/C20H27N3O5S/c1-13(2)11-17(22-18(24)15-7-5-6-8-16(15)19(22)25)20(26)23(21(3)4)14-9-10-29(27,28)12-14/h5-8,13-14,17H,9-12H2,1-4H3/t14-,17-/m1/s1. The summed E-state index contributed by atoms with van der Waals surface area (Å²) in [5.74, 6) is -1.44. The lowest BCUT2D eigenvalue weighted by atomic mass is 10.0. The van der Waals surface area contributed by atoms with Crippen LogP contribution in [0.4, 0.5) is 0 Å². The first-order valence-corrected chi connectivity index (χ1v) is 11.5. The molecule has 1 fully saturated rings. The molecule has 2 heterocycles. The summed E-state index contributed by atoms with van der Waals surface area (Å²) in [6, 6.07) is 5.03. The van der Waals surface area contributed by atoms with Crippen molar-refractivity contribution < 1.29 is 22.8 Å². The van der Waals surface area contributed by atoms with Crippen molar-refractivity contribution in [2.75, 3.05) is 25.6 Å². The van der Waals surface area contributed by atoms with Gasteiger partial charge in [0.2, 0.25) is 0 Å². The van der Waals surface area contributed by atoms with Gasteiger partial charge in [-0.3, -0.25) is 24.3 Å². The summed E-state index contributed by atoms with van der Waals surface area (Å²) in [5.41, 5.74) is 0.581. The summed E-state index contributed by atoms with van der Waals surface area (Å²) in [6.07, 6.45) is 0.636. The third-order valence-corrected chi connectivity index (χ3v) is 7.08. The van der Waals surface area contributed by atoms with Crippen molar-refractivity contribution in [2.45, 2.75) is 38.8 Å². The topological polar surface area (TPSA) is 95.1 Å². The molecule has 1 saturated heterocycles. The van der Waals surface area contributed by atoms with Crippen LogP contribution in [-0.4, -0.2) is 78.7 Å². The third-order valence-electron chi connectivity index (χ3n) is 5.33. The number of hydrogen-bond acceptors (Lipinski definition) is 6. The number of nitrogens with zero attached hydrogens (tertiary/aromatic N) is 3. The van der Waals surface area contributed by atoms with Gasteiger partial charge in [-0.05, 0) is 30.9 Å². The Kier molecular flexibility index (Phi) is 5.82. The summed E-state index contributed by atoms with van der Waals surface area (Å²) in [4.78, 5) is 40.6. The van der Waals surface area contributed by atoms with E-state index in [-0.39, 0.29) is 17.4 Å². The number of carbonyl (C=O) groups excluding carboxylic acids is 3. The second-order valence-corrected chi connectivity index (χ2v) is 10.5. The molecule has 0 aromatic heterocycles. The highest BCUT2D eigenvalue weighted by molar-refractivity contribution is 7.91. The Bertz CT molecular complexity index is 906. The summed E-state index contributed by atoms with van der Waals surface area (Å²) < 4.78 is 23.9. The first kappa shape index (κ1) is 21.4. The van der Waals surface area contributed by atoms with Crippen molar-refractivity contribution in [1.82, 2.24) is 14.9 Å². The number of fused-ring (bicyclic) bond motifs is 1. The Morgan fingerprint density at radius 3 is 2.10 bits per heavy atom. The molecule has 0 N–H and O–H groups in total. The highest BCUT2D eigenvalue weighted by atomic mass is 32.2. The van der Waals surface area contributed by atoms with Gasteiger partial charge >= 0.3 is 0 Å². The van der Waals surface area contributed by atoms with E-state index in [1.54, 1.807) is 43.4 Å². The molecule has 9 heteroatoms. The van der Waals surface area contributed by atoms with Crippen LogP contribution in [0, 0.1) is 5.92 Å². The lowest BCUT2D eigenvalue weighted by molar-refractivity contribution is -0.154. The molecule has 0 bridgehead atoms. The number of hydrogen-bond donors (Lipinski definition) is 0. The average molecular weight is 422 g/mol. The molecule has 1 aromatic carbocycles. The first-order chi connectivity index (χ1) is 13.5. The molecule has 0 radical (unpaired) electrons. The number of hydrazine groups is 1. The Labute approximate surface area is 171 Å². The average Bonchev–Trinajstić information content (AvgIpc) is 3.10. The van der Waals surface area contributed by atoms with Gasteiger partial charge in [0, 0.05) is 14.1 Å². The smallest absolute Gasteiger partial charge is 0.262 e. The summed E-state index contributed by atoms with van der Waals surface area (Å²) in [5, 5.41) is 2.96. The number of imide groups is 1. The van der Waals surface area contributed by atoms with Crippen molar-refractivity contribution in [3.8, 4) is 0 Å². The molecule has 2 aliphatic rings. The number of amides is 3. The van der Waals surface area contributed by atoms with E-state index >= 15 is 0 Å². The van der Waals surface area contributed by atoms with Crippen molar-refractivity contribution in [3.63, 3.8) is 0 Å². The van der Waals surface area contributed by atoms with Crippen LogP contribution >= 0.6 is 0 Å². The number of rotatable bonds is 6. The first-order valence-electron chi connectivity index (χ1n) is 9.71. The third kappa shape index (κ3) is 4.06. The molecule has 1 aromatic rings. The Morgan fingerprint density at radius 1 is 1.14 bits per heavy atom. The van der Waals surface area contributed by atoms with Crippen LogP contribution in [0.1, 0.15) is 47.4 Å². The lowest BCUT2D eigenvalue weighted by Crippen LogP contribution is -2.58. The molecule has 3 amide bonds. The van der Waals surface area contributed by atoms with E-state index in [0.717, 1.165) is 4.90 Å². The van der Waals surface area contributed by atoms with Crippen LogP contribution in [0.5, 0.6) is 0 Å². The molecule has 29 heavy (non-hydrogen) atoms. The van der Waals surface area contributed by atoms with Crippen LogP contribution in [0.3, 0.4) is 0 Å². The number of sulfone groups is 1. The van der Waals surface area contributed by atoms with E-state index in [0.29, 0.717) is 24.0 Å². The summed E-state index contributed by atoms with van der Waals surface area (Å²) in [6.45, 7) is 3.83. The van der Waals surface area contributed by atoms with Crippen molar-refractivity contribution in [1.29, 1.82) is 0 Å². The van der Waals surface area contributed by atoms with Gasteiger partial charge in [-0.15, -0.1) is 0 Å². The maximum Gasteiger partial charge on any atom is 0.262 e. The molecular weight excluding hydrogens is 394 g/mol. The van der Waals surface area contributed by atoms with E-state index in [9.17, 15) is 22.8 Å². The van der Waals surface area contributed by atoms with Gasteiger partial charge in [0.25, 0.3) is 17.7 Å². The fourth-order valence-electron chi connectivity index (χ4n) is 4.08. The monoisotopic (exact) mass is 421 g/mol. The van der Waals surface area contributed by atoms with Gasteiger partial charge in [-0.1, -0.05) is 26.0 Å². The van der Waals surface area contributed by atoms with Gasteiger partial charge in [0.05, 0.1) is 28.7 Å². The van der Waals surface area contributed by atoms with Crippen LogP contribution in [0.25, 0.3) is 0 Å². The van der Waals surface area contributed by atoms with Gasteiger partial charge in [-0.2, -0.15) is 0 Å². The predicted octanol–water partition coefficient (Wildman–Crippen LogP) is 1.19. The predicted molar refractivity (Wildman–Crippen MR) is 108 cm³/mol. The molecule has 0 aliphatic carbocycles. The minimum Gasteiger partial charge on any atom is -0.271 e. The molecule has 3 rings (SSSR count). The van der Waals surface area contributed by atoms with E-state index in [4.69, 9.17) is 0 Å². The molecule has 158 valence electrons. The van der Waals surface area contributed by atoms with E-state index in [1.807, 2.05) is 13.8 Å². The zero-order chi connectivity index (χ0) is 21.5. The SMILES string of the molecule is CC(C)C[C@H](C(=O)N([C@@H]1CCS(=O)(=O)C1)N(C)C)N1C(=O)c2ccccc2C1=O. The second-order valence-electron chi connectivity index (χ2n) is 8.26. The van der Waals surface area contributed by atoms with Gasteiger partial charge in [0.1, 0.15) is 6.04 Å². The highest BCUT2D eigenvalue weighted by Crippen LogP contribution is 2.29. The second kappa shape index (κ2) is 7.87. The largest absolute Gasteiger partial charge is 0.271 e. The van der Waals surface area contributed by atoms with Gasteiger partial charge in [-0.25, -0.2) is 13.4 Å². The summed E-state index contributed by atoms with van der Waals surface area (Å²) >= 11 is 0.